The smallest absolute Gasteiger partial charge is 0.236 e. The van der Waals surface area contributed by atoms with Crippen LogP contribution in [-0.2, 0) is 22.6 Å². The molecule has 1 atom stereocenters. The summed E-state index contributed by atoms with van der Waals surface area (Å²) in [7, 11) is 3.87. The first kappa shape index (κ1) is 23.0. The van der Waals surface area contributed by atoms with Gasteiger partial charge < -0.3 is 15.1 Å². The number of hydrogen-bond donors (Lipinski definition) is 1. The number of likely N-dealkylation sites (tertiary alicyclic amines) is 1. The first-order chi connectivity index (χ1) is 15.5. The van der Waals surface area contributed by atoms with Crippen LogP contribution in [0.4, 0.5) is 5.82 Å². The second-order valence-corrected chi connectivity index (χ2v) is 9.57. The summed E-state index contributed by atoms with van der Waals surface area (Å²) in [4.78, 5) is 41.0. The molecule has 0 aromatic carbocycles. The van der Waals surface area contributed by atoms with E-state index in [0.717, 1.165) is 68.0 Å². The molecule has 1 aromatic heterocycles. The summed E-state index contributed by atoms with van der Waals surface area (Å²) < 4.78 is 0. The molecule has 0 spiro atoms. The minimum absolute atomic E-state index is 0.0394. The van der Waals surface area contributed by atoms with E-state index in [0.29, 0.717) is 25.7 Å². The molecule has 3 aliphatic rings. The summed E-state index contributed by atoms with van der Waals surface area (Å²) in [5, 5.41) is 3.25. The number of nitrogens with zero attached hydrogens (tertiary/aromatic N) is 5. The number of anilines is 1. The summed E-state index contributed by atoms with van der Waals surface area (Å²) in [6.07, 6.45) is 9.92. The van der Waals surface area contributed by atoms with Gasteiger partial charge in [-0.05, 0) is 38.6 Å². The zero-order valence-corrected chi connectivity index (χ0v) is 19.9. The van der Waals surface area contributed by atoms with Crippen LogP contribution in [0, 0.1) is 0 Å². The highest BCUT2D eigenvalue weighted by atomic mass is 16.2. The number of amides is 2. The van der Waals surface area contributed by atoms with Crippen molar-refractivity contribution in [3.05, 3.63) is 17.1 Å². The summed E-state index contributed by atoms with van der Waals surface area (Å²) in [6, 6.07) is 0.422. The Labute approximate surface area is 191 Å². The van der Waals surface area contributed by atoms with Gasteiger partial charge in [0.05, 0.1) is 24.8 Å². The number of fused-ring (bicyclic) bond motifs is 1. The normalized spacial score (nSPS) is 22.3. The van der Waals surface area contributed by atoms with Crippen LogP contribution in [0.25, 0.3) is 0 Å². The van der Waals surface area contributed by atoms with E-state index in [4.69, 9.17) is 9.97 Å². The molecule has 1 saturated carbocycles. The molecule has 1 aliphatic carbocycles. The maximum absolute atomic E-state index is 13.1. The molecule has 1 N–H and O–H groups in total. The Bertz CT molecular complexity index is 838. The SMILES string of the molecule is CNc1nc([C@H]2CCCCN2CC(=O)N(C)C2CCCCC2)nc2c1CCN(C(C)=O)C2. The number of nitrogens with one attached hydrogen (secondary N) is 1. The molecule has 8 nitrogen and oxygen atoms in total. The van der Waals surface area contributed by atoms with Crippen molar-refractivity contribution >= 4 is 17.6 Å². The lowest BCUT2D eigenvalue weighted by atomic mass is 9.94. The van der Waals surface area contributed by atoms with Crippen molar-refractivity contribution in [2.75, 3.05) is 39.0 Å². The Morgan fingerprint density at radius 3 is 2.53 bits per heavy atom. The molecule has 32 heavy (non-hydrogen) atoms. The van der Waals surface area contributed by atoms with Crippen LogP contribution in [0.1, 0.15) is 81.4 Å². The van der Waals surface area contributed by atoms with Crippen molar-refractivity contribution in [3.8, 4) is 0 Å². The highest BCUT2D eigenvalue weighted by Gasteiger charge is 2.32. The lowest BCUT2D eigenvalue weighted by Crippen LogP contribution is -2.46. The van der Waals surface area contributed by atoms with Crippen molar-refractivity contribution in [2.45, 2.75) is 83.3 Å². The topological polar surface area (TPSA) is 81.7 Å². The van der Waals surface area contributed by atoms with Crippen molar-refractivity contribution in [1.29, 1.82) is 0 Å². The van der Waals surface area contributed by atoms with Crippen LogP contribution in [0.3, 0.4) is 0 Å². The van der Waals surface area contributed by atoms with Gasteiger partial charge in [-0.2, -0.15) is 0 Å². The van der Waals surface area contributed by atoms with Crippen LogP contribution in [0.5, 0.6) is 0 Å². The molecule has 8 heteroatoms. The van der Waals surface area contributed by atoms with Gasteiger partial charge >= 0.3 is 0 Å². The summed E-state index contributed by atoms with van der Waals surface area (Å²) in [6.45, 7) is 4.17. The first-order valence-electron chi connectivity index (χ1n) is 12.3. The molecular weight excluding hydrogens is 404 g/mol. The van der Waals surface area contributed by atoms with E-state index in [1.807, 2.05) is 23.9 Å². The second-order valence-electron chi connectivity index (χ2n) is 9.57. The molecule has 176 valence electrons. The average Bonchev–Trinajstić information content (AvgIpc) is 2.83. The predicted octanol–water partition coefficient (Wildman–Crippen LogP) is 2.74. The number of carbonyl (C=O) groups is 2. The zero-order valence-electron chi connectivity index (χ0n) is 19.9. The fourth-order valence-electron chi connectivity index (χ4n) is 5.50. The van der Waals surface area contributed by atoms with E-state index in [2.05, 4.69) is 10.2 Å². The van der Waals surface area contributed by atoms with Crippen molar-refractivity contribution in [3.63, 3.8) is 0 Å². The Morgan fingerprint density at radius 1 is 1.06 bits per heavy atom. The summed E-state index contributed by atoms with van der Waals surface area (Å²) in [5.74, 6) is 1.94. The van der Waals surface area contributed by atoms with E-state index in [9.17, 15) is 9.59 Å². The number of likely N-dealkylation sites (N-methyl/N-ethyl adjacent to an activating group) is 1. The third-order valence-electron chi connectivity index (χ3n) is 7.53. The molecule has 1 aromatic rings. The Hall–Kier alpha value is -2.22. The van der Waals surface area contributed by atoms with Gasteiger partial charge in [-0.3, -0.25) is 14.5 Å². The van der Waals surface area contributed by atoms with Crippen LogP contribution in [0.2, 0.25) is 0 Å². The van der Waals surface area contributed by atoms with E-state index in [-0.39, 0.29) is 17.9 Å². The van der Waals surface area contributed by atoms with Gasteiger partial charge in [-0.25, -0.2) is 9.97 Å². The number of carbonyl (C=O) groups excluding carboxylic acids is 2. The molecule has 0 radical (unpaired) electrons. The van der Waals surface area contributed by atoms with Gasteiger partial charge in [-0.1, -0.05) is 25.7 Å². The molecule has 4 rings (SSSR count). The lowest BCUT2D eigenvalue weighted by Gasteiger charge is -2.38. The van der Waals surface area contributed by atoms with Gasteiger partial charge in [0, 0.05) is 39.2 Å². The highest BCUT2D eigenvalue weighted by Crippen LogP contribution is 2.32. The van der Waals surface area contributed by atoms with E-state index in [1.165, 1.54) is 19.3 Å². The fourth-order valence-corrected chi connectivity index (χ4v) is 5.50. The summed E-state index contributed by atoms with van der Waals surface area (Å²) >= 11 is 0. The van der Waals surface area contributed by atoms with Crippen LogP contribution in [0.15, 0.2) is 0 Å². The maximum Gasteiger partial charge on any atom is 0.236 e. The fraction of sp³-hybridized carbons (Fsp3) is 0.750. The van der Waals surface area contributed by atoms with Gasteiger partial charge in [0.1, 0.15) is 11.6 Å². The quantitative estimate of drug-likeness (QED) is 0.755. The molecule has 2 amide bonds. The monoisotopic (exact) mass is 442 g/mol. The molecule has 0 unspecified atom stereocenters. The standard InChI is InChI=1S/C24H38N6O2/c1-17(31)29-14-12-19-20(15-29)26-24(27-23(19)25-2)21-11-7-8-13-30(21)16-22(32)28(3)18-9-5-4-6-10-18/h18,21H,4-16H2,1-3H3,(H,25,26,27)/t21-/m1/s1. The Morgan fingerprint density at radius 2 is 1.81 bits per heavy atom. The van der Waals surface area contributed by atoms with Crippen molar-refractivity contribution < 1.29 is 9.59 Å². The van der Waals surface area contributed by atoms with E-state index in [1.54, 1.807) is 6.92 Å². The molecule has 0 bridgehead atoms. The minimum atomic E-state index is 0.0394. The number of aromatic nitrogens is 2. The summed E-state index contributed by atoms with van der Waals surface area (Å²) in [5.41, 5.74) is 2.06. The third-order valence-corrected chi connectivity index (χ3v) is 7.53. The largest absolute Gasteiger partial charge is 0.373 e. The lowest BCUT2D eigenvalue weighted by molar-refractivity contribution is -0.135. The highest BCUT2D eigenvalue weighted by molar-refractivity contribution is 5.78. The van der Waals surface area contributed by atoms with E-state index >= 15 is 0 Å². The molecule has 2 aliphatic heterocycles. The molecular formula is C24H38N6O2. The van der Waals surface area contributed by atoms with Gasteiger partial charge in [0.15, 0.2) is 0 Å². The first-order valence-corrected chi connectivity index (χ1v) is 12.3. The minimum Gasteiger partial charge on any atom is -0.373 e. The van der Waals surface area contributed by atoms with Gasteiger partial charge in [0.25, 0.3) is 0 Å². The predicted molar refractivity (Wildman–Crippen MR) is 124 cm³/mol. The van der Waals surface area contributed by atoms with Crippen LogP contribution in [-0.4, -0.2) is 76.3 Å². The Kier molecular flexibility index (Phi) is 7.28. The van der Waals surface area contributed by atoms with Gasteiger partial charge in [-0.15, -0.1) is 0 Å². The van der Waals surface area contributed by atoms with Crippen LogP contribution >= 0.6 is 0 Å². The van der Waals surface area contributed by atoms with Crippen LogP contribution < -0.4 is 5.32 Å². The van der Waals surface area contributed by atoms with E-state index < -0.39 is 0 Å². The molecule has 1 saturated heterocycles. The van der Waals surface area contributed by atoms with Crippen molar-refractivity contribution in [1.82, 2.24) is 24.7 Å². The Balaban J connectivity index is 1.53. The number of hydrogen-bond acceptors (Lipinski definition) is 6. The number of rotatable bonds is 5. The average molecular weight is 443 g/mol. The second kappa shape index (κ2) is 10.1. The van der Waals surface area contributed by atoms with Crippen molar-refractivity contribution in [2.24, 2.45) is 0 Å². The maximum atomic E-state index is 13.1. The molecule has 3 heterocycles. The number of piperidine rings is 1. The third kappa shape index (κ3) is 4.90. The van der Waals surface area contributed by atoms with Gasteiger partial charge in [0.2, 0.25) is 11.8 Å². The zero-order chi connectivity index (χ0) is 22.7. The molecule has 2 fully saturated rings.